The van der Waals surface area contributed by atoms with Crippen LogP contribution in [0.5, 0.6) is 5.75 Å². The molecule has 2 aromatic rings. The molecule has 0 aliphatic heterocycles. The molecule has 2 nitrogen and oxygen atoms in total. The molecule has 0 unspecified atom stereocenters. The van der Waals surface area contributed by atoms with Crippen molar-refractivity contribution in [2.24, 2.45) is 0 Å². The van der Waals surface area contributed by atoms with Crippen molar-refractivity contribution in [2.45, 2.75) is 0 Å². The van der Waals surface area contributed by atoms with Crippen LogP contribution in [0, 0.1) is 6.07 Å². The van der Waals surface area contributed by atoms with E-state index in [4.69, 9.17) is 4.74 Å². The summed E-state index contributed by atoms with van der Waals surface area (Å²) >= 11 is 1.58. The molecule has 1 aromatic heterocycles. The number of hydrogen-bond acceptors (Lipinski definition) is 3. The van der Waals surface area contributed by atoms with E-state index in [2.05, 4.69) is 11.1 Å². The fourth-order valence-corrected chi connectivity index (χ4v) is 1.62. The summed E-state index contributed by atoms with van der Waals surface area (Å²) in [7, 11) is 1.65. The monoisotopic (exact) mass is 190 g/mol. The molecule has 65 valence electrons. The Bertz CT molecular complexity index is 384. The van der Waals surface area contributed by atoms with Gasteiger partial charge >= 0.3 is 0 Å². The number of methoxy groups -OCH3 is 1. The summed E-state index contributed by atoms with van der Waals surface area (Å²) in [5, 5.41) is 1.99. The first kappa shape index (κ1) is 8.26. The van der Waals surface area contributed by atoms with Crippen LogP contribution < -0.4 is 4.74 Å². The molecule has 0 atom stereocenters. The van der Waals surface area contributed by atoms with E-state index in [0.717, 1.165) is 17.0 Å². The predicted molar refractivity (Wildman–Crippen MR) is 52.9 cm³/mol. The quantitative estimate of drug-likeness (QED) is 0.726. The summed E-state index contributed by atoms with van der Waals surface area (Å²) < 4.78 is 5.11. The zero-order chi connectivity index (χ0) is 9.10. The second kappa shape index (κ2) is 3.58. The number of aromatic nitrogens is 1. The Morgan fingerprint density at radius 3 is 3.15 bits per heavy atom. The second-order valence-corrected chi connectivity index (χ2v) is 3.23. The van der Waals surface area contributed by atoms with E-state index < -0.39 is 0 Å². The van der Waals surface area contributed by atoms with Crippen molar-refractivity contribution in [1.82, 2.24) is 4.98 Å². The molecule has 13 heavy (non-hydrogen) atoms. The van der Waals surface area contributed by atoms with Crippen LogP contribution in [0.1, 0.15) is 0 Å². The normalized spacial score (nSPS) is 9.92. The fraction of sp³-hybridized carbons (Fsp3) is 0.100. The molecule has 0 aliphatic rings. The molecule has 0 aliphatic carbocycles. The molecule has 0 amide bonds. The van der Waals surface area contributed by atoms with Crippen molar-refractivity contribution < 1.29 is 4.74 Å². The van der Waals surface area contributed by atoms with Crippen LogP contribution in [0.25, 0.3) is 11.3 Å². The first-order valence-corrected chi connectivity index (χ1v) is 4.79. The summed E-state index contributed by atoms with van der Waals surface area (Å²) in [5.74, 6) is 0.835. The predicted octanol–water partition coefficient (Wildman–Crippen LogP) is 2.62. The largest absolute Gasteiger partial charge is 0.497 e. The fourth-order valence-electron chi connectivity index (χ4n) is 1.07. The van der Waals surface area contributed by atoms with Crippen LogP contribution in [-0.2, 0) is 0 Å². The molecule has 0 spiro atoms. The van der Waals surface area contributed by atoms with E-state index in [1.54, 1.807) is 18.4 Å². The van der Waals surface area contributed by atoms with E-state index in [1.165, 1.54) is 0 Å². The van der Waals surface area contributed by atoms with Gasteiger partial charge < -0.3 is 4.74 Å². The summed E-state index contributed by atoms with van der Waals surface area (Å²) in [6, 6.07) is 8.75. The SMILES string of the molecule is COc1cc[c]c(-c2cscn2)c1. The van der Waals surface area contributed by atoms with Crippen LogP contribution in [0.2, 0.25) is 0 Å². The van der Waals surface area contributed by atoms with Crippen molar-refractivity contribution in [2.75, 3.05) is 7.11 Å². The molecule has 3 heteroatoms. The van der Waals surface area contributed by atoms with Gasteiger partial charge in [0.15, 0.2) is 0 Å². The third-order valence-corrected chi connectivity index (χ3v) is 2.30. The number of rotatable bonds is 2. The van der Waals surface area contributed by atoms with Gasteiger partial charge in [-0.15, -0.1) is 11.3 Å². The second-order valence-electron chi connectivity index (χ2n) is 2.52. The molecular formula is C10H8NOS. The molecule has 0 saturated heterocycles. The van der Waals surface area contributed by atoms with Gasteiger partial charge in [-0.25, -0.2) is 4.98 Å². The highest BCUT2D eigenvalue weighted by Gasteiger charge is 2.00. The first-order valence-electron chi connectivity index (χ1n) is 3.84. The average molecular weight is 190 g/mol. The van der Waals surface area contributed by atoms with Gasteiger partial charge in [0.25, 0.3) is 0 Å². The first-order chi connectivity index (χ1) is 6.40. The zero-order valence-corrected chi connectivity index (χ0v) is 7.97. The lowest BCUT2D eigenvalue weighted by atomic mass is 10.2. The Labute approximate surface area is 80.8 Å². The third-order valence-electron chi connectivity index (χ3n) is 1.72. The van der Waals surface area contributed by atoms with Crippen LogP contribution in [-0.4, -0.2) is 12.1 Å². The van der Waals surface area contributed by atoms with Crippen LogP contribution >= 0.6 is 11.3 Å². The highest BCUT2D eigenvalue weighted by molar-refractivity contribution is 7.07. The van der Waals surface area contributed by atoms with Gasteiger partial charge in [-0.1, -0.05) is 0 Å². The van der Waals surface area contributed by atoms with Gasteiger partial charge in [0.1, 0.15) is 5.75 Å². The molecule has 0 saturated carbocycles. The van der Waals surface area contributed by atoms with E-state index in [1.807, 2.05) is 29.1 Å². The number of benzene rings is 1. The number of nitrogens with zero attached hydrogens (tertiary/aromatic N) is 1. The lowest BCUT2D eigenvalue weighted by Gasteiger charge is -2.00. The topological polar surface area (TPSA) is 22.1 Å². The lowest BCUT2D eigenvalue weighted by Crippen LogP contribution is -1.83. The van der Waals surface area contributed by atoms with Gasteiger partial charge in [0, 0.05) is 10.9 Å². The van der Waals surface area contributed by atoms with E-state index in [-0.39, 0.29) is 0 Å². The van der Waals surface area contributed by atoms with Gasteiger partial charge in [-0.3, -0.25) is 0 Å². The van der Waals surface area contributed by atoms with Crippen molar-refractivity contribution in [3.63, 3.8) is 0 Å². The molecule has 1 radical (unpaired) electrons. The molecular weight excluding hydrogens is 182 g/mol. The molecule has 0 N–H and O–H groups in total. The van der Waals surface area contributed by atoms with Crippen molar-refractivity contribution in [3.8, 4) is 17.0 Å². The molecule has 1 aromatic carbocycles. The minimum Gasteiger partial charge on any atom is -0.497 e. The Hall–Kier alpha value is -1.35. The summed E-state index contributed by atoms with van der Waals surface area (Å²) in [5.41, 5.74) is 3.73. The van der Waals surface area contributed by atoms with Gasteiger partial charge in [-0.05, 0) is 24.3 Å². The maximum atomic E-state index is 5.11. The Morgan fingerprint density at radius 2 is 2.46 bits per heavy atom. The smallest absolute Gasteiger partial charge is 0.119 e. The van der Waals surface area contributed by atoms with Crippen LogP contribution in [0.4, 0.5) is 0 Å². The average Bonchev–Trinajstić information content (AvgIpc) is 2.71. The van der Waals surface area contributed by atoms with Crippen molar-refractivity contribution in [1.29, 1.82) is 0 Å². The molecule has 2 rings (SSSR count). The minimum absolute atomic E-state index is 0.835. The standard InChI is InChI=1S/C10H8NOS/c1-12-9-4-2-3-8(5-9)10-6-13-7-11-10/h2,4-7H,1H3. The minimum atomic E-state index is 0.835. The summed E-state index contributed by atoms with van der Waals surface area (Å²) in [6.45, 7) is 0. The van der Waals surface area contributed by atoms with Crippen molar-refractivity contribution >= 4 is 11.3 Å². The van der Waals surface area contributed by atoms with E-state index in [0.29, 0.717) is 0 Å². The highest BCUT2D eigenvalue weighted by atomic mass is 32.1. The van der Waals surface area contributed by atoms with Crippen LogP contribution in [0.3, 0.4) is 0 Å². The Kier molecular flexibility index (Phi) is 2.27. The number of hydrogen-bond donors (Lipinski definition) is 0. The van der Waals surface area contributed by atoms with Crippen LogP contribution in [0.15, 0.2) is 29.1 Å². The summed E-state index contributed by atoms with van der Waals surface area (Å²) in [6.07, 6.45) is 0. The maximum absolute atomic E-state index is 5.11. The maximum Gasteiger partial charge on any atom is 0.119 e. The number of thiazole rings is 1. The van der Waals surface area contributed by atoms with Gasteiger partial charge in [0.2, 0.25) is 0 Å². The molecule has 1 heterocycles. The highest BCUT2D eigenvalue weighted by Crippen LogP contribution is 2.22. The van der Waals surface area contributed by atoms with E-state index in [9.17, 15) is 0 Å². The molecule has 0 fully saturated rings. The van der Waals surface area contributed by atoms with Gasteiger partial charge in [-0.2, -0.15) is 0 Å². The molecule has 0 bridgehead atoms. The van der Waals surface area contributed by atoms with Crippen molar-refractivity contribution in [3.05, 3.63) is 35.2 Å². The summed E-state index contributed by atoms with van der Waals surface area (Å²) in [4.78, 5) is 4.19. The third kappa shape index (κ3) is 1.70. The Balaban J connectivity index is 2.41. The zero-order valence-electron chi connectivity index (χ0n) is 7.15. The lowest BCUT2D eigenvalue weighted by molar-refractivity contribution is 0.415. The van der Waals surface area contributed by atoms with Gasteiger partial charge in [0.05, 0.1) is 18.3 Å². The Morgan fingerprint density at radius 1 is 1.54 bits per heavy atom. The number of ether oxygens (including phenoxy) is 1. The van der Waals surface area contributed by atoms with E-state index >= 15 is 0 Å².